The van der Waals surface area contributed by atoms with Gasteiger partial charge in [0.25, 0.3) is 10.0 Å². The number of hydrogen-bond acceptors (Lipinski definition) is 5. The highest BCUT2D eigenvalue weighted by atomic mass is 35.5. The van der Waals surface area contributed by atoms with Crippen molar-refractivity contribution in [2.24, 2.45) is 0 Å². The van der Waals surface area contributed by atoms with Crippen molar-refractivity contribution in [3.8, 4) is 0 Å². The van der Waals surface area contributed by atoms with Crippen LogP contribution in [-0.2, 0) is 14.8 Å². The molecule has 2 aromatic carbocycles. The molecular weight excluding hydrogens is 389 g/mol. The van der Waals surface area contributed by atoms with E-state index in [4.69, 9.17) is 11.6 Å². The van der Waals surface area contributed by atoms with Crippen molar-refractivity contribution in [2.75, 3.05) is 10.5 Å². The maximum atomic E-state index is 13.0. The molecule has 0 amide bonds. The number of sulfonamides is 1. The predicted octanol–water partition coefficient (Wildman–Crippen LogP) is 3.74. The first-order valence-corrected chi connectivity index (χ1v) is 9.78. The van der Waals surface area contributed by atoms with Crippen LogP contribution in [0.4, 0.5) is 10.1 Å². The lowest BCUT2D eigenvalue weighted by Gasteiger charge is -2.10. The van der Waals surface area contributed by atoms with Gasteiger partial charge in [0.15, 0.2) is 10.9 Å². The molecule has 0 aliphatic carbocycles. The third-order valence-electron chi connectivity index (χ3n) is 3.05. The fourth-order valence-corrected chi connectivity index (χ4v) is 3.97. The molecule has 0 aliphatic rings. The van der Waals surface area contributed by atoms with Crippen molar-refractivity contribution in [3.05, 3.63) is 58.9 Å². The Morgan fingerprint density at radius 2 is 1.80 bits per heavy atom. The van der Waals surface area contributed by atoms with Crippen molar-refractivity contribution in [1.82, 2.24) is 0 Å². The summed E-state index contributed by atoms with van der Waals surface area (Å²) in [7, 11) is -4.00. The molecule has 0 spiro atoms. The van der Waals surface area contributed by atoms with E-state index in [-0.39, 0.29) is 32.3 Å². The van der Waals surface area contributed by atoms with Gasteiger partial charge in [-0.05, 0) is 42.5 Å². The molecule has 9 heteroatoms. The van der Waals surface area contributed by atoms with Crippen molar-refractivity contribution >= 4 is 50.0 Å². The molecule has 0 saturated heterocycles. The van der Waals surface area contributed by atoms with E-state index in [1.54, 1.807) is 0 Å². The fourth-order valence-electron chi connectivity index (χ4n) is 1.88. The van der Waals surface area contributed by atoms with Gasteiger partial charge in [-0.25, -0.2) is 12.8 Å². The van der Waals surface area contributed by atoms with Gasteiger partial charge < -0.3 is 0 Å². The second kappa shape index (κ2) is 7.99. The lowest BCUT2D eigenvalue weighted by Crippen LogP contribution is -2.14. The van der Waals surface area contributed by atoms with E-state index in [0.29, 0.717) is 5.56 Å². The summed E-state index contributed by atoms with van der Waals surface area (Å²) in [6.45, 7) is 1.37. The summed E-state index contributed by atoms with van der Waals surface area (Å²) in [6, 6.07) is 8.71. The summed E-state index contributed by atoms with van der Waals surface area (Å²) in [5.74, 6) is -0.863. The molecule has 0 bridgehead atoms. The number of carbonyl (C=O) groups is 2. The average molecular weight is 402 g/mol. The lowest BCUT2D eigenvalue weighted by atomic mass is 10.1. The Kier molecular flexibility index (Phi) is 6.21. The molecule has 0 aromatic heterocycles. The average Bonchev–Trinajstić information content (AvgIpc) is 2.52. The van der Waals surface area contributed by atoms with E-state index in [9.17, 15) is 22.4 Å². The number of ketones is 1. The minimum absolute atomic E-state index is 0.0194. The van der Waals surface area contributed by atoms with Crippen LogP contribution in [0.2, 0.25) is 5.02 Å². The van der Waals surface area contributed by atoms with Crippen molar-refractivity contribution < 1.29 is 22.4 Å². The van der Waals surface area contributed by atoms with E-state index in [1.165, 1.54) is 31.2 Å². The van der Waals surface area contributed by atoms with Gasteiger partial charge in [0.05, 0.1) is 10.8 Å². The first-order chi connectivity index (χ1) is 11.7. The summed E-state index contributed by atoms with van der Waals surface area (Å²) in [4.78, 5) is 22.5. The summed E-state index contributed by atoms with van der Waals surface area (Å²) in [5, 5.41) is -0.394. The van der Waals surface area contributed by atoms with Crippen LogP contribution in [-0.4, -0.2) is 25.1 Å². The number of hydrogen-bond donors (Lipinski definition) is 1. The SMILES string of the molecule is CC(=O)SCC(=O)c1ccc(NS(=O)(=O)c2ccc(F)cc2Cl)cc1. The predicted molar refractivity (Wildman–Crippen MR) is 96.1 cm³/mol. The highest BCUT2D eigenvalue weighted by Gasteiger charge is 2.18. The lowest BCUT2D eigenvalue weighted by molar-refractivity contribution is -0.109. The zero-order valence-electron chi connectivity index (χ0n) is 13.0. The fraction of sp³-hybridized carbons (Fsp3) is 0.125. The molecule has 0 unspecified atom stereocenters. The molecule has 0 radical (unpaired) electrons. The number of nitrogens with one attached hydrogen (secondary N) is 1. The Labute approximate surface area is 153 Å². The quantitative estimate of drug-likeness (QED) is 0.746. The highest BCUT2D eigenvalue weighted by molar-refractivity contribution is 8.14. The number of benzene rings is 2. The van der Waals surface area contributed by atoms with Crippen LogP contribution in [0.3, 0.4) is 0 Å². The van der Waals surface area contributed by atoms with Gasteiger partial charge in [-0.15, -0.1) is 0 Å². The van der Waals surface area contributed by atoms with Crippen LogP contribution in [0.5, 0.6) is 0 Å². The molecule has 25 heavy (non-hydrogen) atoms. The minimum Gasteiger partial charge on any atom is -0.293 e. The van der Waals surface area contributed by atoms with Crippen LogP contribution in [0.1, 0.15) is 17.3 Å². The van der Waals surface area contributed by atoms with Crippen LogP contribution in [0, 0.1) is 5.82 Å². The Balaban J connectivity index is 2.15. The molecule has 2 aromatic rings. The smallest absolute Gasteiger partial charge is 0.263 e. The molecule has 0 atom stereocenters. The van der Waals surface area contributed by atoms with Gasteiger partial charge in [0, 0.05) is 18.2 Å². The number of thioether (sulfide) groups is 1. The molecule has 0 saturated carbocycles. The van der Waals surface area contributed by atoms with Crippen molar-refractivity contribution in [2.45, 2.75) is 11.8 Å². The number of rotatable bonds is 6. The molecule has 1 N–H and O–H groups in total. The molecule has 5 nitrogen and oxygen atoms in total. The first kappa shape index (κ1) is 19.4. The van der Waals surface area contributed by atoms with Gasteiger partial charge in [-0.1, -0.05) is 23.4 Å². The number of Topliss-reactive ketones (excluding diaryl/α,β-unsaturated/α-hetero) is 1. The van der Waals surface area contributed by atoms with Crippen LogP contribution >= 0.6 is 23.4 Å². The molecule has 132 valence electrons. The molecule has 0 aliphatic heterocycles. The minimum atomic E-state index is -4.00. The third-order valence-corrected chi connectivity index (χ3v) is 5.73. The zero-order chi connectivity index (χ0) is 18.6. The van der Waals surface area contributed by atoms with E-state index < -0.39 is 15.8 Å². The Morgan fingerprint density at radius 1 is 1.16 bits per heavy atom. The van der Waals surface area contributed by atoms with Crippen LogP contribution in [0.25, 0.3) is 0 Å². The molecular formula is C16H13ClFNO4S2. The monoisotopic (exact) mass is 401 g/mol. The van der Waals surface area contributed by atoms with Crippen LogP contribution < -0.4 is 4.72 Å². The van der Waals surface area contributed by atoms with Gasteiger partial charge in [0.2, 0.25) is 0 Å². The Bertz CT molecular complexity index is 914. The number of halogens is 2. The summed E-state index contributed by atoms with van der Waals surface area (Å²) in [5.41, 5.74) is 0.577. The normalized spacial score (nSPS) is 11.2. The number of carbonyl (C=O) groups excluding carboxylic acids is 2. The van der Waals surface area contributed by atoms with Gasteiger partial charge in [-0.2, -0.15) is 0 Å². The van der Waals surface area contributed by atoms with E-state index >= 15 is 0 Å². The van der Waals surface area contributed by atoms with Gasteiger partial charge in [0.1, 0.15) is 10.7 Å². The van der Waals surface area contributed by atoms with Crippen molar-refractivity contribution in [3.63, 3.8) is 0 Å². The summed E-state index contributed by atoms with van der Waals surface area (Å²) >= 11 is 6.68. The zero-order valence-corrected chi connectivity index (χ0v) is 15.3. The second-order valence-corrected chi connectivity index (χ2v) is 8.17. The van der Waals surface area contributed by atoms with Gasteiger partial charge >= 0.3 is 0 Å². The topological polar surface area (TPSA) is 80.3 Å². The standard InChI is InChI=1S/C16H13ClFNO4S2/c1-10(20)24-9-15(21)11-2-5-13(6-3-11)19-25(22,23)16-7-4-12(18)8-14(16)17/h2-8,19H,9H2,1H3. The Hall–Kier alpha value is -1.90. The molecule has 0 heterocycles. The van der Waals surface area contributed by atoms with Crippen LogP contribution in [0.15, 0.2) is 47.4 Å². The maximum absolute atomic E-state index is 13.0. The van der Waals surface area contributed by atoms with E-state index in [2.05, 4.69) is 4.72 Å². The molecule has 2 rings (SSSR count). The molecule has 0 fully saturated rings. The first-order valence-electron chi connectivity index (χ1n) is 6.93. The largest absolute Gasteiger partial charge is 0.293 e. The second-order valence-electron chi connectivity index (χ2n) is 4.96. The van der Waals surface area contributed by atoms with Crippen molar-refractivity contribution in [1.29, 1.82) is 0 Å². The van der Waals surface area contributed by atoms with E-state index in [1.807, 2.05) is 0 Å². The summed E-state index contributed by atoms with van der Waals surface area (Å²) < 4.78 is 40.0. The van der Waals surface area contributed by atoms with Gasteiger partial charge in [-0.3, -0.25) is 14.3 Å². The highest BCUT2D eigenvalue weighted by Crippen LogP contribution is 2.24. The maximum Gasteiger partial charge on any atom is 0.263 e. The summed E-state index contributed by atoms with van der Waals surface area (Å²) in [6.07, 6.45) is 0. The third kappa shape index (κ3) is 5.29. The van der Waals surface area contributed by atoms with E-state index in [0.717, 1.165) is 30.0 Å². The number of anilines is 1. The Morgan fingerprint density at radius 3 is 2.36 bits per heavy atom.